The first-order valence-electron chi connectivity index (χ1n) is 7.10. The topological polar surface area (TPSA) is 57.6 Å². The largest absolute Gasteiger partial charge is 0.480 e. The van der Waals surface area contributed by atoms with Crippen LogP contribution < -0.4 is 0 Å². The van der Waals surface area contributed by atoms with E-state index in [1.165, 1.54) is 4.90 Å². The number of nitrogens with zero attached hydrogens (tertiary/aromatic N) is 1. The van der Waals surface area contributed by atoms with Gasteiger partial charge in [-0.15, -0.1) is 0 Å². The number of amides is 1. The number of carboxylic acids is 1. The molecular weight excluding hydrogens is 398 g/mol. The van der Waals surface area contributed by atoms with E-state index in [0.717, 1.165) is 21.8 Å². The molecule has 7 heteroatoms. The lowest BCUT2D eigenvalue weighted by Gasteiger charge is -2.27. The lowest BCUT2D eigenvalue weighted by atomic mass is 9.98. The van der Waals surface area contributed by atoms with Gasteiger partial charge in [-0.05, 0) is 29.7 Å². The molecule has 1 fully saturated rings. The van der Waals surface area contributed by atoms with Gasteiger partial charge in [0.1, 0.15) is 10.4 Å². The van der Waals surface area contributed by atoms with Gasteiger partial charge in [0.25, 0.3) is 5.91 Å². The molecule has 0 aliphatic carbocycles. The van der Waals surface area contributed by atoms with E-state index in [1.807, 2.05) is 38.1 Å². The van der Waals surface area contributed by atoms with E-state index in [-0.39, 0.29) is 11.8 Å². The van der Waals surface area contributed by atoms with Gasteiger partial charge in [-0.25, -0.2) is 4.79 Å². The summed E-state index contributed by atoms with van der Waals surface area (Å²) < 4.78 is 1.25. The van der Waals surface area contributed by atoms with Crippen LogP contribution in [0.1, 0.15) is 25.8 Å². The third-order valence-corrected chi connectivity index (χ3v) is 5.56. The van der Waals surface area contributed by atoms with Crippen LogP contribution in [0.4, 0.5) is 0 Å². The quantitative estimate of drug-likeness (QED) is 0.580. The van der Waals surface area contributed by atoms with Gasteiger partial charge in [-0.2, -0.15) is 0 Å². The number of rotatable bonds is 5. The second-order valence-corrected chi connectivity index (χ2v) is 7.86. The highest BCUT2D eigenvalue weighted by molar-refractivity contribution is 9.10. The molecule has 1 amide bonds. The molecule has 4 nitrogen and oxygen atoms in total. The van der Waals surface area contributed by atoms with Crippen molar-refractivity contribution in [1.82, 2.24) is 4.90 Å². The standard InChI is InChI=1S/C16H16BrNO3S2/c1-3-9(2)13(15(20)21)18-14(19)12(23-16(18)22)8-10-4-6-11(17)7-5-10/h4-9,13H,3H2,1-2H3,(H,20,21)/b12-8-/t9-,13-/m1/s1. The van der Waals surface area contributed by atoms with E-state index < -0.39 is 12.0 Å². The lowest BCUT2D eigenvalue weighted by molar-refractivity contribution is -0.147. The Labute approximate surface area is 153 Å². The summed E-state index contributed by atoms with van der Waals surface area (Å²) >= 11 is 9.76. The lowest BCUT2D eigenvalue weighted by Crippen LogP contribution is -2.47. The van der Waals surface area contributed by atoms with Crippen molar-refractivity contribution in [3.8, 4) is 0 Å². The molecule has 23 heavy (non-hydrogen) atoms. The third-order valence-electron chi connectivity index (χ3n) is 3.71. The van der Waals surface area contributed by atoms with Gasteiger partial charge in [0.05, 0.1) is 4.91 Å². The monoisotopic (exact) mass is 413 g/mol. The van der Waals surface area contributed by atoms with E-state index in [1.54, 1.807) is 6.08 Å². The minimum Gasteiger partial charge on any atom is -0.480 e. The number of carbonyl (C=O) groups excluding carboxylic acids is 1. The molecule has 1 aromatic carbocycles. The Morgan fingerprint density at radius 2 is 2.04 bits per heavy atom. The van der Waals surface area contributed by atoms with Crippen LogP contribution in [-0.4, -0.2) is 32.2 Å². The predicted molar refractivity (Wildman–Crippen MR) is 100 cm³/mol. The average molecular weight is 414 g/mol. The van der Waals surface area contributed by atoms with Crippen molar-refractivity contribution in [2.24, 2.45) is 5.92 Å². The van der Waals surface area contributed by atoms with Crippen LogP contribution in [0.2, 0.25) is 0 Å². The molecule has 1 aliphatic heterocycles. The van der Waals surface area contributed by atoms with Crippen molar-refractivity contribution < 1.29 is 14.7 Å². The van der Waals surface area contributed by atoms with Crippen molar-refractivity contribution in [3.63, 3.8) is 0 Å². The molecule has 0 radical (unpaired) electrons. The zero-order valence-corrected chi connectivity index (χ0v) is 15.9. The van der Waals surface area contributed by atoms with Gasteiger partial charge in [0.2, 0.25) is 0 Å². The smallest absolute Gasteiger partial charge is 0.327 e. The third kappa shape index (κ3) is 4.02. The summed E-state index contributed by atoms with van der Waals surface area (Å²) in [6.45, 7) is 3.71. The highest BCUT2D eigenvalue weighted by atomic mass is 79.9. The van der Waals surface area contributed by atoms with Gasteiger partial charge in [0.15, 0.2) is 0 Å². The molecule has 2 atom stereocenters. The average Bonchev–Trinajstić information content (AvgIpc) is 2.77. The summed E-state index contributed by atoms with van der Waals surface area (Å²) in [6, 6.07) is 6.58. The number of carbonyl (C=O) groups is 2. The van der Waals surface area contributed by atoms with E-state index in [4.69, 9.17) is 12.2 Å². The van der Waals surface area contributed by atoms with Crippen LogP contribution in [-0.2, 0) is 9.59 Å². The van der Waals surface area contributed by atoms with Gasteiger partial charge in [0, 0.05) is 4.47 Å². The predicted octanol–water partition coefficient (Wildman–Crippen LogP) is 4.15. The molecule has 0 saturated carbocycles. The van der Waals surface area contributed by atoms with E-state index >= 15 is 0 Å². The fourth-order valence-electron chi connectivity index (χ4n) is 2.26. The molecule has 1 aliphatic rings. The molecule has 122 valence electrons. The number of thiocarbonyl (C=S) groups is 1. The molecule has 1 N–H and O–H groups in total. The van der Waals surface area contributed by atoms with Crippen LogP contribution in [0.5, 0.6) is 0 Å². The van der Waals surface area contributed by atoms with Gasteiger partial charge in [-0.3, -0.25) is 9.69 Å². The van der Waals surface area contributed by atoms with E-state index in [9.17, 15) is 14.7 Å². The molecule has 1 aromatic rings. The second kappa shape index (κ2) is 7.59. The van der Waals surface area contributed by atoms with Gasteiger partial charge < -0.3 is 5.11 Å². The molecule has 2 rings (SSSR count). The van der Waals surface area contributed by atoms with Crippen molar-refractivity contribution in [2.75, 3.05) is 0 Å². The highest BCUT2D eigenvalue weighted by Gasteiger charge is 2.42. The van der Waals surface area contributed by atoms with E-state index in [2.05, 4.69) is 15.9 Å². The Bertz CT molecular complexity index is 672. The minimum absolute atomic E-state index is 0.179. The minimum atomic E-state index is -1.03. The Morgan fingerprint density at radius 1 is 1.43 bits per heavy atom. The summed E-state index contributed by atoms with van der Waals surface area (Å²) in [5.74, 6) is -1.54. The summed E-state index contributed by atoms with van der Waals surface area (Å²) in [5.41, 5.74) is 0.865. The normalized spacial score (nSPS) is 19.3. The summed E-state index contributed by atoms with van der Waals surface area (Å²) in [5, 5.41) is 9.49. The Balaban J connectivity index is 2.32. The molecule has 0 unspecified atom stereocenters. The Morgan fingerprint density at radius 3 is 2.57 bits per heavy atom. The first-order valence-corrected chi connectivity index (χ1v) is 9.12. The number of hydrogen-bond acceptors (Lipinski definition) is 4. The summed E-state index contributed by atoms with van der Waals surface area (Å²) in [7, 11) is 0. The number of benzene rings is 1. The first-order chi connectivity index (χ1) is 10.8. The number of thioether (sulfide) groups is 1. The SMILES string of the molecule is CC[C@@H](C)[C@H](C(=O)O)N1C(=O)/C(=C/c2ccc(Br)cc2)SC1=S. The summed E-state index contributed by atoms with van der Waals surface area (Å²) in [6.07, 6.45) is 2.39. The highest BCUT2D eigenvalue weighted by Crippen LogP contribution is 2.36. The number of hydrogen-bond donors (Lipinski definition) is 1. The Kier molecular flexibility index (Phi) is 6.00. The van der Waals surface area contributed by atoms with Crippen molar-refractivity contribution in [3.05, 3.63) is 39.2 Å². The maximum Gasteiger partial charge on any atom is 0.327 e. The van der Waals surface area contributed by atoms with E-state index in [0.29, 0.717) is 15.6 Å². The zero-order chi connectivity index (χ0) is 17.1. The molecular formula is C16H16BrNO3S2. The molecule has 0 spiro atoms. The molecule has 1 saturated heterocycles. The van der Waals surface area contributed by atoms with Crippen LogP contribution in [0.25, 0.3) is 6.08 Å². The maximum absolute atomic E-state index is 12.6. The molecule has 1 heterocycles. The zero-order valence-electron chi connectivity index (χ0n) is 12.7. The van der Waals surface area contributed by atoms with Crippen molar-refractivity contribution in [1.29, 1.82) is 0 Å². The first kappa shape index (κ1) is 18.2. The summed E-state index contributed by atoms with van der Waals surface area (Å²) in [4.78, 5) is 25.9. The maximum atomic E-state index is 12.6. The van der Waals surface area contributed by atoms with Gasteiger partial charge >= 0.3 is 5.97 Å². The number of carboxylic acid groups (broad SMARTS) is 1. The van der Waals surface area contributed by atoms with Crippen LogP contribution in [0.3, 0.4) is 0 Å². The second-order valence-electron chi connectivity index (χ2n) is 5.27. The van der Waals surface area contributed by atoms with Crippen molar-refractivity contribution >= 4 is 62.2 Å². The van der Waals surface area contributed by atoms with Crippen LogP contribution in [0.15, 0.2) is 33.6 Å². The van der Waals surface area contributed by atoms with Gasteiger partial charge in [-0.1, -0.05) is 72.3 Å². The molecule has 0 bridgehead atoms. The number of halogens is 1. The number of aliphatic carboxylic acids is 1. The van der Waals surface area contributed by atoms with Crippen LogP contribution >= 0.6 is 39.9 Å². The molecule has 0 aromatic heterocycles. The van der Waals surface area contributed by atoms with Crippen molar-refractivity contribution in [2.45, 2.75) is 26.3 Å². The Hall–Kier alpha value is -1.18. The fourth-order valence-corrected chi connectivity index (χ4v) is 3.86. The fraction of sp³-hybridized carbons (Fsp3) is 0.312. The van der Waals surface area contributed by atoms with Crippen LogP contribution in [0, 0.1) is 5.92 Å².